The summed E-state index contributed by atoms with van der Waals surface area (Å²) in [5, 5.41) is 13.7. The fourth-order valence-corrected chi connectivity index (χ4v) is 1.64. The fourth-order valence-electron chi connectivity index (χ4n) is 1.64. The third-order valence-electron chi connectivity index (χ3n) is 2.30. The number of nitrogens with one attached hydrogen (secondary N) is 2. The number of rotatable bonds is 1. The lowest BCUT2D eigenvalue weighted by Gasteiger charge is -2.12. The first-order valence-corrected chi connectivity index (χ1v) is 4.42. The van der Waals surface area contributed by atoms with E-state index < -0.39 is 0 Å². The Morgan fingerprint density at radius 3 is 3.07 bits per heavy atom. The van der Waals surface area contributed by atoms with E-state index in [1.54, 1.807) is 6.20 Å². The van der Waals surface area contributed by atoms with Crippen LogP contribution in [0.1, 0.15) is 0 Å². The van der Waals surface area contributed by atoms with E-state index in [1.807, 2.05) is 12.1 Å². The molecule has 0 aliphatic carbocycles. The smallest absolute Gasteiger partial charge is 0.176 e. The van der Waals surface area contributed by atoms with Crippen molar-refractivity contribution in [3.8, 4) is 0 Å². The molecule has 0 unspecified atom stereocenters. The van der Waals surface area contributed by atoms with Crippen molar-refractivity contribution in [2.75, 3.05) is 16.9 Å². The molecular weight excluding hydrogens is 178 g/mol. The number of hydrogen-bond acceptors (Lipinski definition) is 4. The normalized spacial score (nSPS) is 13.9. The van der Waals surface area contributed by atoms with Crippen LogP contribution in [0.3, 0.4) is 0 Å². The Balaban J connectivity index is 2.06. The zero-order chi connectivity index (χ0) is 9.38. The quantitative estimate of drug-likeness (QED) is 0.707. The molecule has 1 aromatic carbocycles. The summed E-state index contributed by atoms with van der Waals surface area (Å²) in [6.07, 6.45) is 1.78. The van der Waals surface area contributed by atoms with Crippen LogP contribution in [-0.4, -0.2) is 22.1 Å². The van der Waals surface area contributed by atoms with Crippen LogP contribution in [0.2, 0.25) is 0 Å². The van der Waals surface area contributed by atoms with E-state index in [4.69, 9.17) is 0 Å². The van der Waals surface area contributed by atoms with Crippen molar-refractivity contribution < 1.29 is 0 Å². The number of H-pyrrole nitrogens is 1. The summed E-state index contributed by atoms with van der Waals surface area (Å²) < 4.78 is 0. The van der Waals surface area contributed by atoms with Gasteiger partial charge in [0.05, 0.1) is 24.2 Å². The number of anilines is 3. The highest BCUT2D eigenvalue weighted by molar-refractivity contribution is 5.79. The minimum absolute atomic E-state index is 0.742. The minimum atomic E-state index is 0.742. The Hall–Kier alpha value is -2.04. The maximum Gasteiger partial charge on any atom is 0.176 e. The summed E-state index contributed by atoms with van der Waals surface area (Å²) in [7, 11) is 0. The fraction of sp³-hybridized carbons (Fsp3) is 0.111. The predicted octanol–water partition coefficient (Wildman–Crippen LogP) is 1.33. The second kappa shape index (κ2) is 2.73. The Morgan fingerprint density at radius 1 is 1.29 bits per heavy atom. The van der Waals surface area contributed by atoms with Crippen molar-refractivity contribution in [3.63, 3.8) is 0 Å². The number of hydrogen-bond donors (Lipinski definition) is 2. The molecule has 0 radical (unpaired) electrons. The van der Waals surface area contributed by atoms with Gasteiger partial charge in [0.25, 0.3) is 0 Å². The van der Waals surface area contributed by atoms with Gasteiger partial charge in [0.1, 0.15) is 0 Å². The number of aromatic amines is 1. The van der Waals surface area contributed by atoms with Gasteiger partial charge in [-0.3, -0.25) is 5.10 Å². The number of aromatic nitrogens is 3. The molecule has 1 aromatic heterocycles. The lowest BCUT2D eigenvalue weighted by Crippen LogP contribution is -2.16. The van der Waals surface area contributed by atoms with Crippen molar-refractivity contribution in [3.05, 3.63) is 30.5 Å². The van der Waals surface area contributed by atoms with Crippen molar-refractivity contribution in [1.29, 1.82) is 0 Å². The summed E-state index contributed by atoms with van der Waals surface area (Å²) in [5.41, 5.74) is 2.27. The van der Waals surface area contributed by atoms with E-state index >= 15 is 0 Å². The minimum Gasteiger partial charge on any atom is -0.366 e. The highest BCUT2D eigenvalue weighted by atomic mass is 15.4. The molecule has 0 fully saturated rings. The summed E-state index contributed by atoms with van der Waals surface area (Å²) in [6.45, 7) is 0.742. The molecular formula is C9H9N5. The average molecular weight is 187 g/mol. The Kier molecular flexibility index (Phi) is 1.44. The molecule has 2 aromatic rings. The van der Waals surface area contributed by atoms with E-state index in [1.165, 1.54) is 0 Å². The maximum atomic E-state index is 3.98. The van der Waals surface area contributed by atoms with Crippen molar-refractivity contribution in [2.24, 2.45) is 0 Å². The van der Waals surface area contributed by atoms with Crippen molar-refractivity contribution in [2.45, 2.75) is 0 Å². The number of nitrogens with zero attached hydrogens (tertiary/aromatic N) is 3. The van der Waals surface area contributed by atoms with Gasteiger partial charge in [0, 0.05) is 0 Å². The summed E-state index contributed by atoms with van der Waals surface area (Å²) in [5.74, 6) is 0.836. The van der Waals surface area contributed by atoms with Crippen LogP contribution in [-0.2, 0) is 0 Å². The molecule has 1 aliphatic rings. The third kappa shape index (κ3) is 0.953. The highest BCUT2D eigenvalue weighted by Gasteiger charge is 2.20. The van der Waals surface area contributed by atoms with Crippen LogP contribution in [0.4, 0.5) is 17.2 Å². The monoisotopic (exact) mass is 187 g/mol. The van der Waals surface area contributed by atoms with E-state index in [2.05, 4.69) is 37.8 Å². The summed E-state index contributed by atoms with van der Waals surface area (Å²) in [6, 6.07) is 8.14. The van der Waals surface area contributed by atoms with Gasteiger partial charge in [0.15, 0.2) is 5.82 Å². The van der Waals surface area contributed by atoms with Crippen LogP contribution >= 0.6 is 0 Å². The van der Waals surface area contributed by atoms with Crippen molar-refractivity contribution in [1.82, 2.24) is 15.4 Å². The first-order valence-electron chi connectivity index (χ1n) is 4.42. The van der Waals surface area contributed by atoms with Gasteiger partial charge in [-0.15, -0.1) is 5.10 Å². The Labute approximate surface area is 80.7 Å². The third-order valence-corrected chi connectivity index (χ3v) is 2.30. The van der Waals surface area contributed by atoms with Crippen LogP contribution in [0, 0.1) is 0 Å². The molecule has 5 heteroatoms. The van der Waals surface area contributed by atoms with Crippen LogP contribution < -0.4 is 10.2 Å². The van der Waals surface area contributed by atoms with Crippen molar-refractivity contribution >= 4 is 17.2 Å². The topological polar surface area (TPSA) is 56.8 Å². The van der Waals surface area contributed by atoms with Crippen LogP contribution in [0.25, 0.3) is 0 Å². The molecule has 0 atom stereocenters. The molecule has 0 saturated heterocycles. The SMILES string of the molecule is c1ccc2c(c1)NCN2c1c[nH]nn1. The molecule has 0 amide bonds. The number of fused-ring (bicyclic) bond motifs is 1. The van der Waals surface area contributed by atoms with Gasteiger partial charge in [-0.2, -0.15) is 0 Å². The molecule has 2 heterocycles. The van der Waals surface area contributed by atoms with Crippen LogP contribution in [0.15, 0.2) is 30.5 Å². The number of benzene rings is 1. The molecule has 5 nitrogen and oxygen atoms in total. The Morgan fingerprint density at radius 2 is 2.21 bits per heavy atom. The molecule has 2 N–H and O–H groups in total. The second-order valence-corrected chi connectivity index (χ2v) is 3.11. The highest BCUT2D eigenvalue weighted by Crippen LogP contribution is 2.34. The van der Waals surface area contributed by atoms with E-state index in [0.29, 0.717) is 0 Å². The van der Waals surface area contributed by atoms with Gasteiger partial charge < -0.3 is 10.2 Å². The summed E-state index contributed by atoms with van der Waals surface area (Å²) >= 11 is 0. The zero-order valence-corrected chi connectivity index (χ0v) is 7.44. The number of para-hydroxylation sites is 2. The molecule has 0 saturated carbocycles. The van der Waals surface area contributed by atoms with E-state index in [0.717, 1.165) is 23.9 Å². The van der Waals surface area contributed by atoms with Gasteiger partial charge in [-0.05, 0) is 12.1 Å². The van der Waals surface area contributed by atoms with E-state index in [-0.39, 0.29) is 0 Å². The molecule has 70 valence electrons. The first-order chi connectivity index (χ1) is 6.95. The molecule has 1 aliphatic heterocycles. The second-order valence-electron chi connectivity index (χ2n) is 3.11. The van der Waals surface area contributed by atoms with Gasteiger partial charge >= 0.3 is 0 Å². The predicted molar refractivity (Wildman–Crippen MR) is 53.5 cm³/mol. The van der Waals surface area contributed by atoms with Crippen LogP contribution in [0.5, 0.6) is 0 Å². The summed E-state index contributed by atoms with van der Waals surface area (Å²) in [4.78, 5) is 2.07. The van der Waals surface area contributed by atoms with Gasteiger partial charge in [-0.1, -0.05) is 17.3 Å². The first kappa shape index (κ1) is 7.37. The zero-order valence-electron chi connectivity index (χ0n) is 7.44. The molecule has 0 spiro atoms. The Bertz CT molecular complexity index is 436. The molecule has 14 heavy (non-hydrogen) atoms. The maximum absolute atomic E-state index is 3.98. The standard InChI is InChI=1S/C9H9N5/c1-2-4-8-7(3-1)10-6-14(8)9-5-11-13-12-9/h1-5,10H,6H2,(H,11,12,13). The average Bonchev–Trinajstić information content (AvgIpc) is 2.85. The van der Waals surface area contributed by atoms with Gasteiger partial charge in [-0.25, -0.2) is 0 Å². The van der Waals surface area contributed by atoms with Gasteiger partial charge in [0.2, 0.25) is 0 Å². The lowest BCUT2D eigenvalue weighted by molar-refractivity contribution is 0.926. The molecule has 3 rings (SSSR count). The lowest BCUT2D eigenvalue weighted by atomic mass is 10.3. The largest absolute Gasteiger partial charge is 0.366 e. The van der Waals surface area contributed by atoms with E-state index in [9.17, 15) is 0 Å². The molecule has 0 bridgehead atoms.